The Morgan fingerprint density at radius 1 is 0.780 bits per heavy atom. The van der Waals surface area contributed by atoms with Gasteiger partial charge in [0.2, 0.25) is 0 Å². The van der Waals surface area contributed by atoms with E-state index in [0.717, 1.165) is 5.56 Å². The zero-order valence-electron chi connectivity index (χ0n) is 21.8. The summed E-state index contributed by atoms with van der Waals surface area (Å²) in [6.07, 6.45) is 1.37. The highest BCUT2D eigenvalue weighted by atomic mass is 35.5. The normalized spacial score (nSPS) is 11.6. The number of amides is 1. The molecule has 200 valence electrons. The highest BCUT2D eigenvalue weighted by molar-refractivity contribution is 6.30. The minimum Gasteiger partial charge on any atom is -0.507 e. The molecule has 1 heterocycles. The van der Waals surface area contributed by atoms with Crippen LogP contribution in [0.3, 0.4) is 0 Å². The van der Waals surface area contributed by atoms with E-state index in [1.807, 2.05) is 24.3 Å². The number of para-hydroxylation sites is 2. The number of hydrogen-bond acceptors (Lipinski definition) is 5. The molecule has 0 saturated heterocycles. The third-order valence-corrected chi connectivity index (χ3v) is 6.98. The van der Waals surface area contributed by atoms with Crippen molar-refractivity contribution in [2.45, 2.75) is 6.54 Å². The predicted octanol–water partition coefficient (Wildman–Crippen LogP) is 8.38. The molecule has 6 rings (SSSR count). The van der Waals surface area contributed by atoms with Crippen molar-refractivity contribution in [3.05, 3.63) is 137 Å². The minimum absolute atomic E-state index is 0.00264. The first kappa shape index (κ1) is 26.0. The second-order valence-electron chi connectivity index (χ2n) is 9.44. The molecule has 0 aliphatic rings. The quantitative estimate of drug-likeness (QED) is 0.117. The molecule has 41 heavy (non-hydrogen) atoms. The smallest absolute Gasteiger partial charge is 0.271 e. The number of nitrogens with zero attached hydrogens (tertiary/aromatic N) is 4. The number of carbonyl (C=O) groups is 1. The number of benzene rings is 5. The van der Waals surface area contributed by atoms with E-state index < -0.39 is 0 Å². The van der Waals surface area contributed by atoms with Gasteiger partial charge < -0.3 is 9.67 Å². The van der Waals surface area contributed by atoms with Crippen molar-refractivity contribution in [2.24, 2.45) is 15.3 Å². The number of aromatic nitrogens is 1. The van der Waals surface area contributed by atoms with E-state index in [1.165, 1.54) is 34.1 Å². The molecule has 0 aliphatic heterocycles. The van der Waals surface area contributed by atoms with Gasteiger partial charge in [0, 0.05) is 44.5 Å². The SMILES string of the molecule is O=C(N/N=C/c1cc(N=Nc2ccc(Cl)cc2)ccc1O)c1ccc(Cn2c3ccccc3c3ccccc32)cc1. The van der Waals surface area contributed by atoms with E-state index in [-0.39, 0.29) is 11.7 Å². The van der Waals surface area contributed by atoms with Crippen LogP contribution in [0.5, 0.6) is 5.75 Å². The summed E-state index contributed by atoms with van der Waals surface area (Å²) < 4.78 is 2.29. The van der Waals surface area contributed by atoms with Gasteiger partial charge in [-0.25, -0.2) is 5.43 Å². The molecule has 0 bridgehead atoms. The first-order chi connectivity index (χ1) is 20.0. The van der Waals surface area contributed by atoms with E-state index in [0.29, 0.717) is 34.1 Å². The monoisotopic (exact) mass is 557 g/mol. The standard InChI is InChI=1S/C33H24ClN5O2/c34-25-13-15-26(16-14-25)36-37-27-17-18-32(40)24(19-27)20-35-38-33(41)23-11-9-22(10-12-23)21-39-30-7-3-1-5-28(30)29-6-2-4-8-31(29)39/h1-20,40H,21H2,(H,38,41)/b35-20+,37-36?. The fourth-order valence-corrected chi connectivity index (χ4v) is 4.80. The zero-order chi connectivity index (χ0) is 28.2. The fraction of sp³-hybridized carbons (Fsp3) is 0.0303. The molecule has 8 heteroatoms. The van der Waals surface area contributed by atoms with Gasteiger partial charge in [-0.3, -0.25) is 4.79 Å². The van der Waals surface area contributed by atoms with Gasteiger partial charge >= 0.3 is 0 Å². The Labute approximate surface area is 241 Å². The highest BCUT2D eigenvalue weighted by Gasteiger charge is 2.11. The van der Waals surface area contributed by atoms with Crippen molar-refractivity contribution >= 4 is 56.9 Å². The van der Waals surface area contributed by atoms with Crippen molar-refractivity contribution in [3.8, 4) is 5.75 Å². The molecule has 0 spiro atoms. The number of hydrazone groups is 1. The topological polar surface area (TPSA) is 91.3 Å². The largest absolute Gasteiger partial charge is 0.507 e. The van der Waals surface area contributed by atoms with Crippen molar-refractivity contribution in [1.29, 1.82) is 0 Å². The maximum Gasteiger partial charge on any atom is 0.271 e. The zero-order valence-corrected chi connectivity index (χ0v) is 22.5. The van der Waals surface area contributed by atoms with Crippen molar-refractivity contribution < 1.29 is 9.90 Å². The van der Waals surface area contributed by atoms with Gasteiger partial charge in [0.15, 0.2) is 0 Å². The second-order valence-corrected chi connectivity index (χ2v) is 9.87. The van der Waals surface area contributed by atoms with Gasteiger partial charge in [-0.2, -0.15) is 15.3 Å². The summed E-state index contributed by atoms with van der Waals surface area (Å²) in [5.74, 6) is -0.356. The number of fused-ring (bicyclic) bond motifs is 3. The summed E-state index contributed by atoms with van der Waals surface area (Å²) in [6, 6.07) is 35.9. The molecule has 1 amide bonds. The molecular weight excluding hydrogens is 534 g/mol. The Morgan fingerprint density at radius 3 is 2.07 bits per heavy atom. The van der Waals surface area contributed by atoms with Crippen LogP contribution in [0, 0.1) is 0 Å². The molecule has 6 aromatic rings. The van der Waals surface area contributed by atoms with Crippen LogP contribution < -0.4 is 5.43 Å². The lowest BCUT2D eigenvalue weighted by molar-refractivity contribution is 0.0955. The van der Waals surface area contributed by atoms with Crippen LogP contribution in [0.15, 0.2) is 131 Å². The first-order valence-corrected chi connectivity index (χ1v) is 13.3. The van der Waals surface area contributed by atoms with Crippen LogP contribution in [0.1, 0.15) is 21.5 Å². The lowest BCUT2D eigenvalue weighted by Crippen LogP contribution is -2.17. The van der Waals surface area contributed by atoms with Gasteiger partial charge in [0.1, 0.15) is 5.75 Å². The van der Waals surface area contributed by atoms with E-state index in [9.17, 15) is 9.90 Å². The lowest BCUT2D eigenvalue weighted by Gasteiger charge is -2.09. The summed E-state index contributed by atoms with van der Waals surface area (Å²) >= 11 is 5.90. The molecule has 2 N–H and O–H groups in total. The number of halogens is 1. The molecule has 0 saturated carbocycles. The maximum atomic E-state index is 12.7. The van der Waals surface area contributed by atoms with Crippen LogP contribution in [0.4, 0.5) is 11.4 Å². The Kier molecular flexibility index (Phi) is 7.26. The first-order valence-electron chi connectivity index (χ1n) is 12.9. The molecule has 0 unspecified atom stereocenters. The molecule has 0 atom stereocenters. The summed E-state index contributed by atoms with van der Waals surface area (Å²) in [4.78, 5) is 12.7. The van der Waals surface area contributed by atoms with Crippen LogP contribution in [-0.2, 0) is 6.54 Å². The average Bonchev–Trinajstić information content (AvgIpc) is 3.32. The van der Waals surface area contributed by atoms with Crippen molar-refractivity contribution in [2.75, 3.05) is 0 Å². The molecule has 0 radical (unpaired) electrons. The average molecular weight is 558 g/mol. The maximum absolute atomic E-state index is 12.7. The van der Waals surface area contributed by atoms with E-state index in [2.05, 4.69) is 61.7 Å². The molecule has 7 nitrogen and oxygen atoms in total. The number of phenols is 1. The molecule has 0 aliphatic carbocycles. The van der Waals surface area contributed by atoms with E-state index >= 15 is 0 Å². The van der Waals surface area contributed by atoms with Crippen LogP contribution >= 0.6 is 11.6 Å². The number of aromatic hydroxyl groups is 1. The molecule has 1 aromatic heterocycles. The highest BCUT2D eigenvalue weighted by Crippen LogP contribution is 2.29. The summed E-state index contributed by atoms with van der Waals surface area (Å²) in [5, 5.41) is 25.6. The van der Waals surface area contributed by atoms with Gasteiger partial charge in [0.05, 0.1) is 17.6 Å². The van der Waals surface area contributed by atoms with Crippen LogP contribution in [-0.4, -0.2) is 21.8 Å². The van der Waals surface area contributed by atoms with Gasteiger partial charge in [-0.15, -0.1) is 0 Å². The fourth-order valence-electron chi connectivity index (χ4n) is 4.67. The van der Waals surface area contributed by atoms with Crippen molar-refractivity contribution in [1.82, 2.24) is 9.99 Å². The summed E-state index contributed by atoms with van der Waals surface area (Å²) in [6.45, 7) is 0.680. The van der Waals surface area contributed by atoms with Crippen LogP contribution in [0.25, 0.3) is 21.8 Å². The Bertz CT molecular complexity index is 1870. The summed E-state index contributed by atoms with van der Waals surface area (Å²) in [7, 11) is 0. The number of azo groups is 1. The van der Waals surface area contributed by atoms with Gasteiger partial charge in [-0.05, 0) is 72.3 Å². The summed E-state index contributed by atoms with van der Waals surface area (Å²) in [5.41, 5.74) is 7.96. The third-order valence-electron chi connectivity index (χ3n) is 6.73. The Hall–Kier alpha value is -5.27. The number of carbonyl (C=O) groups excluding carboxylic acids is 1. The van der Waals surface area contributed by atoms with E-state index in [1.54, 1.807) is 48.5 Å². The van der Waals surface area contributed by atoms with Crippen LogP contribution in [0.2, 0.25) is 5.02 Å². The molecular formula is C33H24ClN5O2. The second kappa shape index (κ2) is 11.5. The van der Waals surface area contributed by atoms with E-state index in [4.69, 9.17) is 11.6 Å². The van der Waals surface area contributed by atoms with Crippen molar-refractivity contribution in [3.63, 3.8) is 0 Å². The van der Waals surface area contributed by atoms with Gasteiger partial charge in [0.25, 0.3) is 5.91 Å². The number of hydrogen-bond donors (Lipinski definition) is 2. The number of rotatable bonds is 7. The number of nitrogens with one attached hydrogen (secondary N) is 1. The van der Waals surface area contributed by atoms with Gasteiger partial charge in [-0.1, -0.05) is 60.1 Å². The molecule has 5 aromatic carbocycles. The minimum atomic E-state index is -0.359. The Balaban J connectivity index is 1.13. The Morgan fingerprint density at radius 2 is 1.39 bits per heavy atom. The predicted molar refractivity (Wildman–Crippen MR) is 164 cm³/mol. The number of phenolic OH excluding ortho intramolecular Hbond substituents is 1. The third kappa shape index (κ3) is 5.71. The molecule has 0 fully saturated rings. The lowest BCUT2D eigenvalue weighted by atomic mass is 10.1.